The lowest BCUT2D eigenvalue weighted by atomic mass is 9.79. The van der Waals surface area contributed by atoms with E-state index in [9.17, 15) is 0 Å². The lowest BCUT2D eigenvalue weighted by Crippen LogP contribution is -2.42. The summed E-state index contributed by atoms with van der Waals surface area (Å²) < 4.78 is 0. The van der Waals surface area contributed by atoms with E-state index in [0.29, 0.717) is 0 Å². The third kappa shape index (κ3) is 1.98. The molecule has 1 aromatic carbocycles. The standard InChI is InChI=1S/C19H22N2/c1-13-11-14(2)15(3)17(12-13)19(4)18-16(7-6-9-20-18)8-10-21(19)5/h6-12H,1-5H3. The molecule has 21 heavy (non-hydrogen) atoms. The highest BCUT2D eigenvalue weighted by Crippen LogP contribution is 2.41. The summed E-state index contributed by atoms with van der Waals surface area (Å²) in [6.07, 6.45) is 6.19. The molecule has 0 radical (unpaired) electrons. The van der Waals surface area contributed by atoms with E-state index in [1.807, 2.05) is 12.3 Å². The summed E-state index contributed by atoms with van der Waals surface area (Å²) >= 11 is 0. The van der Waals surface area contributed by atoms with Gasteiger partial charge >= 0.3 is 0 Å². The second-order valence-corrected chi connectivity index (χ2v) is 6.19. The molecule has 1 atom stereocenters. The number of nitrogens with zero attached hydrogens (tertiary/aromatic N) is 2. The second kappa shape index (κ2) is 4.73. The molecule has 0 aliphatic carbocycles. The van der Waals surface area contributed by atoms with E-state index in [1.165, 1.54) is 27.8 Å². The summed E-state index contributed by atoms with van der Waals surface area (Å²) in [5.41, 5.74) is 7.43. The van der Waals surface area contributed by atoms with Crippen LogP contribution in [0.5, 0.6) is 0 Å². The van der Waals surface area contributed by atoms with Crippen LogP contribution in [0.25, 0.3) is 6.08 Å². The zero-order valence-electron chi connectivity index (χ0n) is 13.4. The molecule has 0 saturated heterocycles. The van der Waals surface area contributed by atoms with Crippen molar-refractivity contribution in [1.82, 2.24) is 9.88 Å². The van der Waals surface area contributed by atoms with Gasteiger partial charge in [-0.25, -0.2) is 0 Å². The number of benzene rings is 1. The Morgan fingerprint density at radius 2 is 1.90 bits per heavy atom. The Kier molecular flexibility index (Phi) is 3.12. The average molecular weight is 278 g/mol. The van der Waals surface area contributed by atoms with Crippen LogP contribution in [-0.4, -0.2) is 16.9 Å². The smallest absolute Gasteiger partial charge is 0.105 e. The molecule has 0 amide bonds. The Morgan fingerprint density at radius 3 is 2.67 bits per heavy atom. The molecule has 0 bridgehead atoms. The molecule has 1 aliphatic rings. The maximum atomic E-state index is 4.71. The molecule has 0 N–H and O–H groups in total. The molecule has 1 aliphatic heterocycles. The quantitative estimate of drug-likeness (QED) is 0.777. The van der Waals surface area contributed by atoms with E-state index < -0.39 is 0 Å². The van der Waals surface area contributed by atoms with Gasteiger partial charge in [0.05, 0.1) is 5.69 Å². The van der Waals surface area contributed by atoms with Crippen molar-refractivity contribution in [2.24, 2.45) is 0 Å². The fraction of sp³-hybridized carbons (Fsp3) is 0.316. The van der Waals surface area contributed by atoms with Crippen LogP contribution in [0.1, 0.15) is 40.4 Å². The van der Waals surface area contributed by atoms with E-state index in [-0.39, 0.29) is 5.54 Å². The van der Waals surface area contributed by atoms with E-state index >= 15 is 0 Å². The number of pyridine rings is 1. The van der Waals surface area contributed by atoms with Gasteiger partial charge in [0.25, 0.3) is 0 Å². The molecule has 1 aromatic heterocycles. The zero-order valence-corrected chi connectivity index (χ0v) is 13.4. The maximum absolute atomic E-state index is 4.71. The summed E-state index contributed by atoms with van der Waals surface area (Å²) in [6, 6.07) is 8.70. The molecular formula is C19H22N2. The fourth-order valence-corrected chi connectivity index (χ4v) is 3.33. The van der Waals surface area contributed by atoms with Gasteiger partial charge in [-0.2, -0.15) is 0 Å². The molecule has 3 rings (SSSR count). The first-order valence-electron chi connectivity index (χ1n) is 7.39. The highest BCUT2D eigenvalue weighted by atomic mass is 15.2. The summed E-state index contributed by atoms with van der Waals surface area (Å²) in [5.74, 6) is 0. The molecular weight excluding hydrogens is 256 g/mol. The molecule has 0 fully saturated rings. The van der Waals surface area contributed by atoms with Gasteiger partial charge in [-0.1, -0.05) is 23.8 Å². The lowest BCUT2D eigenvalue weighted by Gasteiger charge is -2.42. The third-order valence-electron chi connectivity index (χ3n) is 4.82. The fourth-order valence-electron chi connectivity index (χ4n) is 3.33. The molecule has 2 aromatic rings. The van der Waals surface area contributed by atoms with Crippen LogP contribution in [0, 0.1) is 20.8 Å². The number of hydrogen-bond acceptors (Lipinski definition) is 2. The third-order valence-corrected chi connectivity index (χ3v) is 4.82. The lowest BCUT2D eigenvalue weighted by molar-refractivity contribution is 0.243. The second-order valence-electron chi connectivity index (χ2n) is 6.19. The highest BCUT2D eigenvalue weighted by molar-refractivity contribution is 5.60. The first-order valence-corrected chi connectivity index (χ1v) is 7.39. The first-order chi connectivity index (χ1) is 9.94. The Hall–Kier alpha value is -2.09. The van der Waals surface area contributed by atoms with Crippen molar-refractivity contribution in [3.63, 3.8) is 0 Å². The normalized spacial score (nSPS) is 20.5. The molecule has 2 nitrogen and oxygen atoms in total. The van der Waals surface area contributed by atoms with Crippen molar-refractivity contribution in [1.29, 1.82) is 0 Å². The summed E-state index contributed by atoms with van der Waals surface area (Å²) in [5, 5.41) is 0. The number of aromatic nitrogens is 1. The van der Waals surface area contributed by atoms with Gasteiger partial charge in [-0.05, 0) is 56.5 Å². The molecule has 0 saturated carbocycles. The molecule has 108 valence electrons. The van der Waals surface area contributed by atoms with Crippen LogP contribution in [0.2, 0.25) is 0 Å². The Morgan fingerprint density at radius 1 is 1.14 bits per heavy atom. The van der Waals surface area contributed by atoms with Crippen molar-refractivity contribution < 1.29 is 0 Å². The monoisotopic (exact) mass is 278 g/mol. The highest BCUT2D eigenvalue weighted by Gasteiger charge is 2.38. The van der Waals surface area contributed by atoms with Crippen LogP contribution in [0.4, 0.5) is 0 Å². The Balaban J connectivity index is 2.32. The summed E-state index contributed by atoms with van der Waals surface area (Å²) in [4.78, 5) is 6.97. The maximum Gasteiger partial charge on any atom is 0.105 e. The summed E-state index contributed by atoms with van der Waals surface area (Å²) in [7, 11) is 2.13. The van der Waals surface area contributed by atoms with E-state index in [4.69, 9.17) is 4.98 Å². The Bertz CT molecular complexity index is 730. The van der Waals surface area contributed by atoms with E-state index in [0.717, 1.165) is 5.69 Å². The minimum absolute atomic E-state index is 0.230. The van der Waals surface area contributed by atoms with Gasteiger partial charge in [0.15, 0.2) is 0 Å². The Labute approximate surface area is 127 Å². The largest absolute Gasteiger partial charge is 0.366 e. The van der Waals surface area contributed by atoms with Gasteiger partial charge in [-0.15, -0.1) is 0 Å². The SMILES string of the molecule is Cc1cc(C)c(C)c(C2(C)c3ncccc3C=CN2C)c1. The van der Waals surface area contributed by atoms with Crippen molar-refractivity contribution >= 4 is 6.08 Å². The van der Waals surface area contributed by atoms with Crippen LogP contribution < -0.4 is 0 Å². The van der Waals surface area contributed by atoms with Crippen LogP contribution >= 0.6 is 0 Å². The van der Waals surface area contributed by atoms with Gasteiger partial charge in [-0.3, -0.25) is 4.98 Å². The van der Waals surface area contributed by atoms with Gasteiger partial charge in [0, 0.05) is 25.0 Å². The van der Waals surface area contributed by atoms with Crippen molar-refractivity contribution in [3.05, 3.63) is 70.2 Å². The van der Waals surface area contributed by atoms with Crippen molar-refractivity contribution in [3.8, 4) is 0 Å². The van der Waals surface area contributed by atoms with Crippen LogP contribution in [0.3, 0.4) is 0 Å². The van der Waals surface area contributed by atoms with E-state index in [2.05, 4.69) is 70.1 Å². The number of fused-ring (bicyclic) bond motifs is 1. The topological polar surface area (TPSA) is 16.1 Å². The van der Waals surface area contributed by atoms with Crippen LogP contribution in [-0.2, 0) is 5.54 Å². The number of aryl methyl sites for hydroxylation is 2. The van der Waals surface area contributed by atoms with E-state index in [1.54, 1.807) is 0 Å². The van der Waals surface area contributed by atoms with Gasteiger partial charge in [0.1, 0.15) is 5.54 Å². The minimum Gasteiger partial charge on any atom is -0.366 e. The van der Waals surface area contributed by atoms with Crippen molar-refractivity contribution in [2.45, 2.75) is 33.2 Å². The van der Waals surface area contributed by atoms with Crippen molar-refractivity contribution in [2.75, 3.05) is 7.05 Å². The van der Waals surface area contributed by atoms with Crippen LogP contribution in [0.15, 0.2) is 36.7 Å². The predicted molar refractivity (Wildman–Crippen MR) is 88.1 cm³/mol. The number of hydrogen-bond donors (Lipinski definition) is 0. The molecule has 2 heteroatoms. The molecule has 2 heterocycles. The zero-order chi connectivity index (χ0) is 15.2. The number of rotatable bonds is 1. The minimum atomic E-state index is -0.230. The molecule has 1 unspecified atom stereocenters. The molecule has 0 spiro atoms. The van der Waals surface area contributed by atoms with Gasteiger partial charge < -0.3 is 4.90 Å². The summed E-state index contributed by atoms with van der Waals surface area (Å²) in [6.45, 7) is 8.83. The average Bonchev–Trinajstić information content (AvgIpc) is 2.47. The van der Waals surface area contributed by atoms with Gasteiger partial charge in [0.2, 0.25) is 0 Å². The predicted octanol–water partition coefficient (Wildman–Crippen LogP) is 4.19. The first kappa shape index (κ1) is 13.9.